The van der Waals surface area contributed by atoms with E-state index in [1.165, 1.54) is 4.88 Å². The molecule has 4 heteroatoms. The first-order valence-electron chi connectivity index (χ1n) is 6.25. The topological polar surface area (TPSA) is 46.3 Å². The van der Waals surface area contributed by atoms with Crippen molar-refractivity contribution in [2.45, 2.75) is 51.2 Å². The van der Waals surface area contributed by atoms with Crippen molar-refractivity contribution in [3.05, 3.63) is 22.4 Å². The summed E-state index contributed by atoms with van der Waals surface area (Å²) < 4.78 is 0. The predicted octanol–water partition coefficient (Wildman–Crippen LogP) is 2.54. The molecule has 3 atom stereocenters. The molecule has 1 aromatic rings. The Morgan fingerprint density at radius 3 is 3.00 bits per heavy atom. The summed E-state index contributed by atoms with van der Waals surface area (Å²) in [5.41, 5.74) is 6.23. The van der Waals surface area contributed by atoms with Gasteiger partial charge in [0.15, 0.2) is 0 Å². The lowest BCUT2D eigenvalue weighted by Crippen LogP contribution is -2.51. The summed E-state index contributed by atoms with van der Waals surface area (Å²) in [5.74, 6) is 0.249. The number of thiophene rings is 1. The minimum atomic E-state index is 0.0698. The molecular weight excluding hydrogens is 232 g/mol. The highest BCUT2D eigenvalue weighted by molar-refractivity contribution is 7.10. The molecule has 0 aromatic carbocycles. The van der Waals surface area contributed by atoms with E-state index in [-0.39, 0.29) is 24.0 Å². The standard InChI is InChI=1S/C13H20N2OS/c1-3-9(2)15-12(16)7-6-10(14)13(15)11-5-4-8-17-11/h4-5,8-10,13H,3,6-7,14H2,1-2H3. The van der Waals surface area contributed by atoms with Gasteiger partial charge >= 0.3 is 0 Å². The molecule has 0 radical (unpaired) electrons. The fourth-order valence-electron chi connectivity index (χ4n) is 2.46. The zero-order chi connectivity index (χ0) is 12.4. The first-order valence-corrected chi connectivity index (χ1v) is 7.13. The minimum Gasteiger partial charge on any atom is -0.331 e. The normalized spacial score (nSPS) is 27.2. The van der Waals surface area contributed by atoms with Gasteiger partial charge in [0, 0.05) is 23.4 Å². The number of amides is 1. The van der Waals surface area contributed by atoms with Crippen LogP contribution in [0.2, 0.25) is 0 Å². The van der Waals surface area contributed by atoms with Gasteiger partial charge in [-0.2, -0.15) is 0 Å². The van der Waals surface area contributed by atoms with E-state index >= 15 is 0 Å². The maximum Gasteiger partial charge on any atom is 0.223 e. The van der Waals surface area contributed by atoms with Crippen molar-refractivity contribution in [2.75, 3.05) is 0 Å². The summed E-state index contributed by atoms with van der Waals surface area (Å²) in [6.45, 7) is 4.22. The van der Waals surface area contributed by atoms with Crippen molar-refractivity contribution in [1.82, 2.24) is 4.90 Å². The number of piperidine rings is 1. The molecule has 17 heavy (non-hydrogen) atoms. The number of nitrogens with two attached hydrogens (primary N) is 1. The third-order valence-corrected chi connectivity index (χ3v) is 4.53. The molecule has 1 aliphatic heterocycles. The molecule has 2 N–H and O–H groups in total. The highest BCUT2D eigenvalue weighted by Gasteiger charge is 2.37. The Morgan fingerprint density at radius 2 is 2.41 bits per heavy atom. The first-order chi connectivity index (χ1) is 8.15. The molecule has 3 unspecified atom stereocenters. The van der Waals surface area contributed by atoms with E-state index in [0.717, 1.165) is 12.8 Å². The SMILES string of the molecule is CCC(C)N1C(=O)CCC(N)C1c1cccs1. The molecule has 94 valence electrons. The van der Waals surface area contributed by atoms with Crippen molar-refractivity contribution in [2.24, 2.45) is 5.73 Å². The van der Waals surface area contributed by atoms with Crippen LogP contribution in [0.15, 0.2) is 17.5 Å². The van der Waals surface area contributed by atoms with Gasteiger partial charge in [-0.05, 0) is 31.2 Å². The lowest BCUT2D eigenvalue weighted by atomic mass is 9.93. The van der Waals surface area contributed by atoms with Crippen molar-refractivity contribution in [3.8, 4) is 0 Å². The van der Waals surface area contributed by atoms with Crippen LogP contribution in [0, 0.1) is 0 Å². The minimum absolute atomic E-state index is 0.0698. The Morgan fingerprint density at radius 1 is 1.65 bits per heavy atom. The average Bonchev–Trinajstić information content (AvgIpc) is 2.84. The van der Waals surface area contributed by atoms with Crippen LogP contribution in [-0.2, 0) is 4.79 Å². The summed E-state index contributed by atoms with van der Waals surface area (Å²) >= 11 is 1.69. The number of carbonyl (C=O) groups is 1. The zero-order valence-corrected chi connectivity index (χ0v) is 11.2. The van der Waals surface area contributed by atoms with Gasteiger partial charge in [-0.1, -0.05) is 13.0 Å². The number of carbonyl (C=O) groups excluding carboxylic acids is 1. The Balaban J connectivity index is 2.31. The second kappa shape index (κ2) is 5.19. The van der Waals surface area contributed by atoms with E-state index in [0.29, 0.717) is 6.42 Å². The van der Waals surface area contributed by atoms with Crippen molar-refractivity contribution < 1.29 is 4.79 Å². The molecule has 1 aliphatic rings. The summed E-state index contributed by atoms with van der Waals surface area (Å²) in [4.78, 5) is 15.3. The average molecular weight is 252 g/mol. The van der Waals surface area contributed by atoms with E-state index in [9.17, 15) is 4.79 Å². The molecular formula is C13H20N2OS. The molecule has 2 rings (SSSR count). The maximum absolute atomic E-state index is 12.1. The van der Waals surface area contributed by atoms with E-state index in [1.54, 1.807) is 11.3 Å². The van der Waals surface area contributed by atoms with Gasteiger partial charge in [0.25, 0.3) is 0 Å². The van der Waals surface area contributed by atoms with Crippen LogP contribution in [0.25, 0.3) is 0 Å². The van der Waals surface area contributed by atoms with Gasteiger partial charge in [0.2, 0.25) is 5.91 Å². The number of likely N-dealkylation sites (tertiary alicyclic amines) is 1. The number of hydrogen-bond donors (Lipinski definition) is 1. The van der Waals surface area contributed by atoms with Crippen molar-refractivity contribution in [3.63, 3.8) is 0 Å². The highest BCUT2D eigenvalue weighted by Crippen LogP contribution is 2.35. The second-order valence-electron chi connectivity index (χ2n) is 4.72. The van der Waals surface area contributed by atoms with Gasteiger partial charge in [0.1, 0.15) is 0 Å². The summed E-state index contributed by atoms with van der Waals surface area (Å²) in [7, 11) is 0. The smallest absolute Gasteiger partial charge is 0.223 e. The van der Waals surface area contributed by atoms with E-state index in [1.807, 2.05) is 11.0 Å². The van der Waals surface area contributed by atoms with E-state index < -0.39 is 0 Å². The third kappa shape index (κ3) is 2.38. The van der Waals surface area contributed by atoms with Crippen molar-refractivity contribution in [1.29, 1.82) is 0 Å². The molecule has 1 saturated heterocycles. The lowest BCUT2D eigenvalue weighted by molar-refractivity contribution is -0.140. The summed E-state index contributed by atoms with van der Waals surface area (Å²) in [6.07, 6.45) is 2.36. The summed E-state index contributed by atoms with van der Waals surface area (Å²) in [5, 5.41) is 2.05. The highest BCUT2D eigenvalue weighted by atomic mass is 32.1. The van der Waals surface area contributed by atoms with Crippen LogP contribution in [-0.4, -0.2) is 22.9 Å². The van der Waals surface area contributed by atoms with Crippen LogP contribution < -0.4 is 5.73 Å². The molecule has 0 bridgehead atoms. The molecule has 0 aliphatic carbocycles. The van der Waals surface area contributed by atoms with Crippen LogP contribution in [0.3, 0.4) is 0 Å². The zero-order valence-electron chi connectivity index (χ0n) is 10.4. The molecule has 0 spiro atoms. The largest absolute Gasteiger partial charge is 0.331 e. The van der Waals surface area contributed by atoms with Gasteiger partial charge in [-0.25, -0.2) is 0 Å². The van der Waals surface area contributed by atoms with Crippen LogP contribution in [0.1, 0.15) is 44.0 Å². The van der Waals surface area contributed by atoms with Gasteiger partial charge < -0.3 is 10.6 Å². The van der Waals surface area contributed by atoms with Gasteiger partial charge in [-0.3, -0.25) is 4.79 Å². The number of hydrogen-bond acceptors (Lipinski definition) is 3. The second-order valence-corrected chi connectivity index (χ2v) is 5.70. The summed E-state index contributed by atoms with van der Waals surface area (Å²) in [6, 6.07) is 4.52. The third-order valence-electron chi connectivity index (χ3n) is 3.59. The predicted molar refractivity (Wildman–Crippen MR) is 70.9 cm³/mol. The van der Waals surface area contributed by atoms with E-state index in [4.69, 9.17) is 5.73 Å². The Labute approximate surface area is 107 Å². The quantitative estimate of drug-likeness (QED) is 0.898. The van der Waals surface area contributed by atoms with Crippen LogP contribution in [0.4, 0.5) is 0 Å². The van der Waals surface area contributed by atoms with E-state index in [2.05, 4.69) is 25.3 Å². The van der Waals surface area contributed by atoms with Gasteiger partial charge in [-0.15, -0.1) is 11.3 Å². The molecule has 3 nitrogen and oxygen atoms in total. The Bertz CT molecular complexity index is 377. The molecule has 1 fully saturated rings. The van der Waals surface area contributed by atoms with Crippen LogP contribution >= 0.6 is 11.3 Å². The molecule has 0 saturated carbocycles. The monoisotopic (exact) mass is 252 g/mol. The van der Waals surface area contributed by atoms with Gasteiger partial charge in [0.05, 0.1) is 6.04 Å². The fourth-order valence-corrected chi connectivity index (χ4v) is 3.36. The van der Waals surface area contributed by atoms with Crippen molar-refractivity contribution >= 4 is 17.2 Å². The Kier molecular flexibility index (Phi) is 3.84. The maximum atomic E-state index is 12.1. The number of nitrogens with zero attached hydrogens (tertiary/aromatic N) is 1. The molecule has 2 heterocycles. The Hall–Kier alpha value is -0.870. The van der Waals surface area contributed by atoms with Crippen LogP contribution in [0.5, 0.6) is 0 Å². The lowest BCUT2D eigenvalue weighted by Gasteiger charge is -2.42. The first kappa shape index (κ1) is 12.6. The number of rotatable bonds is 3. The fraction of sp³-hybridized carbons (Fsp3) is 0.615. The molecule has 1 aromatic heterocycles. The molecule has 1 amide bonds.